The number of imidazole rings is 1. The number of amides is 1. The average molecular weight is 691 g/mol. The number of carbonyl (C=O) groups is 3. The highest BCUT2D eigenvalue weighted by Crippen LogP contribution is 2.28. The van der Waals surface area contributed by atoms with Crippen molar-refractivity contribution in [2.24, 2.45) is 11.1 Å². The summed E-state index contributed by atoms with van der Waals surface area (Å²) < 4.78 is 2.17. The summed E-state index contributed by atoms with van der Waals surface area (Å²) in [5, 5.41) is 12.8. The maximum Gasteiger partial charge on any atom is 0.336 e. The van der Waals surface area contributed by atoms with E-state index in [1.807, 2.05) is 107 Å². The van der Waals surface area contributed by atoms with Crippen LogP contribution in [-0.2, 0) is 24.2 Å². The number of carbonyl (C=O) groups excluding carboxylic acids is 2. The van der Waals surface area contributed by atoms with E-state index in [2.05, 4.69) is 16.8 Å². The molecule has 0 saturated carbocycles. The lowest BCUT2D eigenvalue weighted by Gasteiger charge is -2.26. The molecule has 0 fully saturated rings. The number of hydrogen-bond donors (Lipinski definition) is 3. The lowest BCUT2D eigenvalue weighted by atomic mass is 9.88. The number of nitrogens with zero attached hydrogens (tertiary/aromatic N) is 2. The normalized spacial score (nSPS) is 12.8. The minimum absolute atomic E-state index is 0.0893. The number of nitrogens with one attached hydrogen (secondary N) is 1. The first-order chi connectivity index (χ1) is 23.8. The van der Waals surface area contributed by atoms with Crippen LogP contribution < -0.4 is 11.1 Å². The molecule has 1 amide bonds. The summed E-state index contributed by atoms with van der Waals surface area (Å²) in [7, 11) is 0. The fourth-order valence-corrected chi connectivity index (χ4v) is 7.10. The maximum absolute atomic E-state index is 13.9. The van der Waals surface area contributed by atoms with E-state index < -0.39 is 12.0 Å². The molecule has 1 heterocycles. The number of aromatic nitrogens is 2. The van der Waals surface area contributed by atoms with Crippen LogP contribution in [0.2, 0.25) is 0 Å². The van der Waals surface area contributed by atoms with Gasteiger partial charge in [-0.3, -0.25) is 9.59 Å². The molecule has 0 spiro atoms. The van der Waals surface area contributed by atoms with Crippen LogP contribution >= 0.6 is 11.8 Å². The molecule has 0 unspecified atom stereocenters. The molecular weight excluding hydrogens is 645 g/mol. The van der Waals surface area contributed by atoms with Gasteiger partial charge >= 0.3 is 5.97 Å². The average Bonchev–Trinajstić information content (AvgIpc) is 3.44. The molecule has 0 aliphatic carbocycles. The van der Waals surface area contributed by atoms with E-state index in [1.54, 1.807) is 12.1 Å². The van der Waals surface area contributed by atoms with Gasteiger partial charge in [0.2, 0.25) is 5.12 Å². The number of aryl methyl sites for hydroxylation is 2. The molecule has 0 bridgehead atoms. The number of thioether (sulfide) groups is 1. The van der Waals surface area contributed by atoms with Crippen LogP contribution in [0.1, 0.15) is 77.3 Å². The van der Waals surface area contributed by atoms with Crippen molar-refractivity contribution < 1.29 is 19.5 Å². The second-order valence-electron chi connectivity index (χ2n) is 13.9. The standard InChI is InChI=1S/C41H46N4O4S/c1-6-12-35-44-36-26(2)21-30(38(46)43-31(22-27-13-8-7-9-14-27)25-50-40(49)37(42)41(3,4)5)23-34(36)45(35)24-28-17-19-29(20-18-28)32-15-10-11-16-33(32)39(47)48/h7-11,13-21,23,31,37H,6,12,22,24-25,42H2,1-5H3,(H,43,46)(H,47,48)/t31-,37-/m1/s1. The van der Waals surface area contributed by atoms with Gasteiger partial charge in [0.25, 0.3) is 5.91 Å². The van der Waals surface area contributed by atoms with Gasteiger partial charge in [0.15, 0.2) is 0 Å². The highest BCUT2D eigenvalue weighted by atomic mass is 32.2. The zero-order chi connectivity index (χ0) is 36.0. The Balaban J connectivity index is 1.42. The lowest BCUT2D eigenvalue weighted by Crippen LogP contribution is -2.43. The van der Waals surface area contributed by atoms with E-state index in [0.29, 0.717) is 29.8 Å². The zero-order valence-corrected chi connectivity index (χ0v) is 30.2. The summed E-state index contributed by atoms with van der Waals surface area (Å²) in [4.78, 5) is 43.7. The number of rotatable bonds is 13. The molecule has 0 saturated heterocycles. The van der Waals surface area contributed by atoms with E-state index in [-0.39, 0.29) is 28.0 Å². The van der Waals surface area contributed by atoms with Gasteiger partial charge in [-0.15, -0.1) is 0 Å². The Kier molecular flexibility index (Phi) is 11.6. The van der Waals surface area contributed by atoms with Crippen LogP contribution in [0.3, 0.4) is 0 Å². The number of nitrogens with two attached hydrogens (primary N) is 1. The van der Waals surface area contributed by atoms with E-state index in [0.717, 1.165) is 52.0 Å². The number of carboxylic acids is 1. The SMILES string of the molecule is CCCc1nc2c(C)cc(C(=O)N[C@@H](CSC(=O)[C@@H](N)C(C)(C)C)Cc3ccccc3)cc2n1Cc1ccc(-c2ccccc2C(=O)O)cc1. The Bertz CT molecular complexity index is 1980. The van der Waals surface area contributed by atoms with Crippen molar-refractivity contribution in [3.63, 3.8) is 0 Å². The first-order valence-electron chi connectivity index (χ1n) is 17.0. The van der Waals surface area contributed by atoms with Gasteiger partial charge in [-0.25, -0.2) is 9.78 Å². The van der Waals surface area contributed by atoms with Gasteiger partial charge in [-0.1, -0.05) is 112 Å². The zero-order valence-electron chi connectivity index (χ0n) is 29.4. The molecule has 9 heteroatoms. The fraction of sp³-hybridized carbons (Fsp3) is 0.317. The Morgan fingerprint density at radius 1 is 0.940 bits per heavy atom. The van der Waals surface area contributed by atoms with Crippen molar-refractivity contribution in [2.45, 2.75) is 72.5 Å². The van der Waals surface area contributed by atoms with Gasteiger partial charge in [0.05, 0.1) is 22.6 Å². The summed E-state index contributed by atoms with van der Waals surface area (Å²) in [5.74, 6) is 0.166. The third kappa shape index (κ3) is 8.70. The minimum atomic E-state index is -0.961. The molecule has 1 aromatic heterocycles. The number of benzene rings is 4. The highest BCUT2D eigenvalue weighted by molar-refractivity contribution is 8.13. The second-order valence-corrected chi connectivity index (χ2v) is 14.9. The van der Waals surface area contributed by atoms with Crippen molar-refractivity contribution in [1.82, 2.24) is 14.9 Å². The van der Waals surface area contributed by atoms with Crippen molar-refractivity contribution in [1.29, 1.82) is 0 Å². The summed E-state index contributed by atoms with van der Waals surface area (Å²) in [6.45, 7) is 10.5. The minimum Gasteiger partial charge on any atom is -0.478 e. The van der Waals surface area contributed by atoms with Crippen LogP contribution in [0.25, 0.3) is 22.2 Å². The van der Waals surface area contributed by atoms with E-state index in [1.165, 1.54) is 11.8 Å². The maximum atomic E-state index is 13.9. The third-order valence-corrected chi connectivity index (χ3v) is 10.0. The Morgan fingerprint density at radius 2 is 1.62 bits per heavy atom. The highest BCUT2D eigenvalue weighted by Gasteiger charge is 2.29. The number of aromatic carboxylic acids is 1. The summed E-state index contributed by atoms with van der Waals surface area (Å²) in [6.07, 6.45) is 2.27. The van der Waals surface area contributed by atoms with Crippen molar-refractivity contribution in [2.75, 3.05) is 5.75 Å². The second kappa shape index (κ2) is 15.9. The van der Waals surface area contributed by atoms with Crippen LogP contribution in [-0.4, -0.2) is 49.5 Å². The molecule has 0 aliphatic heterocycles. The number of fused-ring (bicyclic) bond motifs is 1. The number of carboxylic acid groups (broad SMARTS) is 1. The van der Waals surface area contributed by atoms with Crippen molar-refractivity contribution >= 4 is 39.8 Å². The van der Waals surface area contributed by atoms with Crippen LogP contribution in [0, 0.1) is 12.3 Å². The van der Waals surface area contributed by atoms with E-state index >= 15 is 0 Å². The van der Waals surface area contributed by atoms with Crippen LogP contribution in [0.4, 0.5) is 0 Å². The van der Waals surface area contributed by atoms with Crippen molar-refractivity contribution in [3.8, 4) is 11.1 Å². The first kappa shape index (κ1) is 36.5. The summed E-state index contributed by atoms with van der Waals surface area (Å²) in [6, 6.07) is 27.7. The molecule has 2 atom stereocenters. The summed E-state index contributed by atoms with van der Waals surface area (Å²) >= 11 is 1.17. The smallest absolute Gasteiger partial charge is 0.336 e. The fourth-order valence-electron chi connectivity index (χ4n) is 6.00. The molecule has 0 aliphatic rings. The molecule has 5 aromatic rings. The van der Waals surface area contributed by atoms with Gasteiger partial charge < -0.3 is 20.7 Å². The monoisotopic (exact) mass is 690 g/mol. The molecule has 5 rings (SSSR count). The molecule has 50 heavy (non-hydrogen) atoms. The quantitative estimate of drug-likeness (QED) is 0.116. The predicted octanol–water partition coefficient (Wildman–Crippen LogP) is 7.69. The van der Waals surface area contributed by atoms with Gasteiger partial charge in [-0.2, -0.15) is 0 Å². The molecule has 260 valence electrons. The Hall–Kier alpha value is -4.73. The molecule has 4 aromatic carbocycles. The van der Waals surface area contributed by atoms with Gasteiger partial charge in [-0.05, 0) is 71.2 Å². The van der Waals surface area contributed by atoms with Gasteiger partial charge in [0.1, 0.15) is 5.82 Å². The summed E-state index contributed by atoms with van der Waals surface area (Å²) in [5.41, 5.74) is 12.9. The first-order valence-corrected chi connectivity index (χ1v) is 18.0. The largest absolute Gasteiger partial charge is 0.478 e. The predicted molar refractivity (Wildman–Crippen MR) is 203 cm³/mol. The Morgan fingerprint density at radius 3 is 2.28 bits per heavy atom. The topological polar surface area (TPSA) is 127 Å². The van der Waals surface area contributed by atoms with E-state index in [4.69, 9.17) is 10.7 Å². The lowest BCUT2D eigenvalue weighted by molar-refractivity contribution is -0.114. The molecule has 0 radical (unpaired) electrons. The molecule has 8 nitrogen and oxygen atoms in total. The number of hydrogen-bond acceptors (Lipinski definition) is 6. The van der Waals surface area contributed by atoms with Crippen LogP contribution in [0.15, 0.2) is 91.0 Å². The van der Waals surface area contributed by atoms with Crippen molar-refractivity contribution in [3.05, 3.63) is 125 Å². The Labute approximate surface area is 298 Å². The van der Waals surface area contributed by atoms with E-state index in [9.17, 15) is 19.5 Å². The third-order valence-electron chi connectivity index (χ3n) is 8.90. The molecule has 4 N–H and O–H groups in total. The van der Waals surface area contributed by atoms with Gasteiger partial charge in [0, 0.05) is 30.3 Å². The molecular formula is C41H46N4O4S. The van der Waals surface area contributed by atoms with Crippen LogP contribution in [0.5, 0.6) is 0 Å².